The van der Waals surface area contributed by atoms with Crippen LogP contribution in [0.15, 0.2) is 53.8 Å². The molecule has 28 heavy (non-hydrogen) atoms. The second-order valence-electron chi connectivity index (χ2n) is 6.40. The maximum absolute atomic E-state index is 5.36. The van der Waals surface area contributed by atoms with Crippen molar-refractivity contribution in [1.82, 2.24) is 30.1 Å². The number of aromatic nitrogens is 6. The summed E-state index contributed by atoms with van der Waals surface area (Å²) in [7, 11) is 0. The highest BCUT2D eigenvalue weighted by Crippen LogP contribution is 2.33. The number of hydrogen-bond acceptors (Lipinski definition) is 8. The number of aryl methyl sites for hydroxylation is 2. The molecule has 0 amide bonds. The van der Waals surface area contributed by atoms with Crippen molar-refractivity contribution in [3.05, 3.63) is 66.3 Å². The van der Waals surface area contributed by atoms with Crippen LogP contribution in [0, 0.1) is 13.8 Å². The monoisotopic (exact) mass is 373 g/mol. The average Bonchev–Trinajstić information content (AvgIpc) is 3.07. The zero-order chi connectivity index (χ0) is 19.5. The smallest absolute Gasteiger partial charge is 0.223 e. The van der Waals surface area contributed by atoms with Crippen LogP contribution in [0.1, 0.15) is 30.0 Å². The molecule has 0 fully saturated rings. The second-order valence-corrected chi connectivity index (χ2v) is 6.40. The van der Waals surface area contributed by atoms with Crippen molar-refractivity contribution in [2.24, 2.45) is 0 Å². The van der Waals surface area contributed by atoms with Gasteiger partial charge in [0.1, 0.15) is 5.76 Å². The lowest BCUT2D eigenvalue weighted by atomic mass is 10.0. The molecule has 4 aromatic rings. The van der Waals surface area contributed by atoms with E-state index >= 15 is 0 Å². The van der Waals surface area contributed by atoms with Crippen molar-refractivity contribution in [3.8, 4) is 22.5 Å². The summed E-state index contributed by atoms with van der Waals surface area (Å²) in [6.45, 7) is 5.79. The molecule has 0 unspecified atom stereocenters. The van der Waals surface area contributed by atoms with Gasteiger partial charge in [-0.25, -0.2) is 9.97 Å². The minimum atomic E-state index is -0.00594. The quantitative estimate of drug-likeness (QED) is 0.564. The van der Waals surface area contributed by atoms with E-state index in [1.165, 1.54) is 0 Å². The summed E-state index contributed by atoms with van der Waals surface area (Å²) in [5, 5.41) is 7.39. The summed E-state index contributed by atoms with van der Waals surface area (Å²) in [5.74, 6) is 1.19. The molecular weight excluding hydrogens is 354 g/mol. The Labute approximate surface area is 162 Å². The van der Waals surface area contributed by atoms with E-state index < -0.39 is 0 Å². The zero-order valence-corrected chi connectivity index (χ0v) is 15.8. The minimum Gasteiger partial charge on any atom is -0.361 e. The van der Waals surface area contributed by atoms with Crippen molar-refractivity contribution in [3.63, 3.8) is 0 Å². The van der Waals surface area contributed by atoms with E-state index in [1.54, 1.807) is 31.0 Å². The first-order valence-corrected chi connectivity index (χ1v) is 8.86. The Morgan fingerprint density at radius 1 is 1.00 bits per heavy atom. The van der Waals surface area contributed by atoms with Crippen LogP contribution in [-0.2, 0) is 0 Å². The van der Waals surface area contributed by atoms with Crippen LogP contribution in [0.25, 0.3) is 22.5 Å². The van der Waals surface area contributed by atoms with Gasteiger partial charge in [-0.05, 0) is 32.4 Å². The minimum absolute atomic E-state index is 0.00594. The van der Waals surface area contributed by atoms with Gasteiger partial charge in [0.15, 0.2) is 0 Å². The molecule has 4 aromatic heterocycles. The van der Waals surface area contributed by atoms with Crippen LogP contribution in [0.4, 0.5) is 5.95 Å². The number of pyridine rings is 1. The van der Waals surface area contributed by atoms with Gasteiger partial charge in [0.2, 0.25) is 5.95 Å². The van der Waals surface area contributed by atoms with Gasteiger partial charge in [0.25, 0.3) is 0 Å². The number of anilines is 1. The van der Waals surface area contributed by atoms with Crippen molar-refractivity contribution >= 4 is 5.95 Å². The molecule has 0 aliphatic heterocycles. The summed E-state index contributed by atoms with van der Waals surface area (Å²) in [6.07, 6.45) is 10.3. The Morgan fingerprint density at radius 3 is 2.54 bits per heavy atom. The third kappa shape index (κ3) is 3.44. The van der Waals surface area contributed by atoms with E-state index in [9.17, 15) is 0 Å². The fourth-order valence-electron chi connectivity index (χ4n) is 3.00. The molecule has 0 radical (unpaired) electrons. The Morgan fingerprint density at radius 2 is 1.86 bits per heavy atom. The number of hydrogen-bond donors (Lipinski definition) is 1. The Hall–Kier alpha value is -3.68. The summed E-state index contributed by atoms with van der Waals surface area (Å²) < 4.78 is 5.36. The Bertz CT molecular complexity index is 1060. The van der Waals surface area contributed by atoms with E-state index in [0.29, 0.717) is 23.1 Å². The largest absolute Gasteiger partial charge is 0.361 e. The molecule has 0 aromatic carbocycles. The molecule has 1 atom stereocenters. The van der Waals surface area contributed by atoms with Crippen molar-refractivity contribution in [2.75, 3.05) is 5.32 Å². The van der Waals surface area contributed by atoms with Gasteiger partial charge in [-0.1, -0.05) is 11.2 Å². The molecule has 0 saturated carbocycles. The molecule has 0 saturated heterocycles. The molecule has 0 bridgehead atoms. The van der Waals surface area contributed by atoms with Gasteiger partial charge in [0.05, 0.1) is 34.9 Å². The van der Waals surface area contributed by atoms with Crippen LogP contribution in [-0.4, -0.2) is 30.1 Å². The van der Waals surface area contributed by atoms with Crippen LogP contribution in [0.3, 0.4) is 0 Å². The molecule has 0 aliphatic rings. The molecule has 8 heteroatoms. The van der Waals surface area contributed by atoms with Gasteiger partial charge in [-0.15, -0.1) is 0 Å². The van der Waals surface area contributed by atoms with Crippen molar-refractivity contribution < 1.29 is 4.52 Å². The van der Waals surface area contributed by atoms with Crippen LogP contribution in [0.5, 0.6) is 0 Å². The fraction of sp³-hybridized carbons (Fsp3) is 0.200. The first kappa shape index (κ1) is 17.7. The first-order valence-electron chi connectivity index (χ1n) is 8.86. The van der Waals surface area contributed by atoms with Gasteiger partial charge in [-0.3, -0.25) is 15.0 Å². The molecule has 4 heterocycles. The highest BCUT2D eigenvalue weighted by Gasteiger charge is 2.20. The van der Waals surface area contributed by atoms with E-state index in [2.05, 4.69) is 30.4 Å². The molecule has 1 N–H and O–H groups in total. The topological polar surface area (TPSA) is 103 Å². The summed E-state index contributed by atoms with van der Waals surface area (Å²) >= 11 is 0. The van der Waals surface area contributed by atoms with Crippen LogP contribution in [0.2, 0.25) is 0 Å². The summed E-state index contributed by atoms with van der Waals surface area (Å²) in [6, 6.07) is 3.91. The predicted octanol–water partition coefficient (Wildman–Crippen LogP) is 3.77. The van der Waals surface area contributed by atoms with Gasteiger partial charge >= 0.3 is 0 Å². The average molecular weight is 373 g/mol. The molecular formula is C20H19N7O. The SMILES string of the molecule is Cc1noc(C)c1-c1nc(N[C@@H](C)c2cccnc2)ncc1-c1cnccn1. The lowest BCUT2D eigenvalue weighted by Crippen LogP contribution is -2.10. The highest BCUT2D eigenvalue weighted by molar-refractivity contribution is 5.80. The Kier molecular flexibility index (Phi) is 4.76. The highest BCUT2D eigenvalue weighted by atomic mass is 16.5. The Balaban J connectivity index is 1.78. The third-order valence-electron chi connectivity index (χ3n) is 4.43. The van der Waals surface area contributed by atoms with Gasteiger partial charge in [-0.2, -0.15) is 0 Å². The second kappa shape index (κ2) is 7.51. The maximum Gasteiger partial charge on any atom is 0.223 e. The van der Waals surface area contributed by atoms with Crippen LogP contribution >= 0.6 is 0 Å². The van der Waals surface area contributed by atoms with Gasteiger partial charge < -0.3 is 9.84 Å². The molecule has 140 valence electrons. The normalized spacial score (nSPS) is 12.0. The molecule has 4 rings (SSSR count). The standard InChI is InChI=1S/C20H19N7O/c1-12(15-5-4-6-21-9-15)25-20-24-10-16(17-11-22-7-8-23-17)19(26-20)18-13(2)27-28-14(18)3/h4-12H,1-3H3,(H,24,25,26)/t12-/m0/s1. The van der Waals surface area contributed by atoms with E-state index in [1.807, 2.05) is 39.1 Å². The lowest BCUT2D eigenvalue weighted by molar-refractivity contribution is 0.393. The predicted molar refractivity (Wildman–Crippen MR) is 104 cm³/mol. The third-order valence-corrected chi connectivity index (χ3v) is 4.43. The number of rotatable bonds is 5. The van der Waals surface area contributed by atoms with Crippen molar-refractivity contribution in [1.29, 1.82) is 0 Å². The molecule has 0 spiro atoms. The number of nitrogens with one attached hydrogen (secondary N) is 1. The maximum atomic E-state index is 5.36. The summed E-state index contributed by atoms with van der Waals surface area (Å²) in [4.78, 5) is 22.0. The van der Waals surface area contributed by atoms with Gasteiger partial charge in [0, 0.05) is 36.5 Å². The molecule has 0 aliphatic carbocycles. The molecule has 8 nitrogen and oxygen atoms in total. The number of nitrogens with zero attached hydrogens (tertiary/aromatic N) is 6. The lowest BCUT2D eigenvalue weighted by Gasteiger charge is -2.15. The van der Waals surface area contributed by atoms with E-state index in [0.717, 1.165) is 22.4 Å². The zero-order valence-electron chi connectivity index (χ0n) is 15.8. The first-order chi connectivity index (χ1) is 13.6. The summed E-state index contributed by atoms with van der Waals surface area (Å²) in [5.41, 5.74) is 4.79. The van der Waals surface area contributed by atoms with Crippen molar-refractivity contribution in [2.45, 2.75) is 26.8 Å². The van der Waals surface area contributed by atoms with E-state index in [4.69, 9.17) is 9.51 Å². The van der Waals surface area contributed by atoms with E-state index in [-0.39, 0.29) is 6.04 Å². The fourth-order valence-corrected chi connectivity index (χ4v) is 3.00. The van der Waals surface area contributed by atoms with Crippen LogP contribution < -0.4 is 5.32 Å².